The lowest BCUT2D eigenvalue weighted by Crippen LogP contribution is -2.43. The van der Waals surface area contributed by atoms with Gasteiger partial charge in [-0.05, 0) is 12.8 Å². The summed E-state index contributed by atoms with van der Waals surface area (Å²) in [6, 6.07) is 0. The van der Waals surface area contributed by atoms with Crippen molar-refractivity contribution in [3.05, 3.63) is 0 Å². The van der Waals surface area contributed by atoms with Crippen molar-refractivity contribution >= 4 is 11.8 Å². The second-order valence-corrected chi connectivity index (χ2v) is 2.70. The second-order valence-electron chi connectivity index (χ2n) is 2.70. The first kappa shape index (κ1) is 12.9. The molecule has 6 nitrogen and oxygen atoms in total. The van der Waals surface area contributed by atoms with Gasteiger partial charge in [0.1, 0.15) is 0 Å². The number of carbonyl (C=O) groups excluding carboxylic acids is 2. The van der Waals surface area contributed by atoms with Crippen molar-refractivity contribution in [2.24, 2.45) is 5.84 Å². The maximum absolute atomic E-state index is 10.8. The summed E-state index contributed by atoms with van der Waals surface area (Å²) in [5.41, 5.74) is 1.74. The average molecular weight is 203 g/mol. The van der Waals surface area contributed by atoms with Crippen LogP contribution in [0.15, 0.2) is 0 Å². The van der Waals surface area contributed by atoms with Gasteiger partial charge in [0.2, 0.25) is 0 Å². The molecule has 0 fully saturated rings. The van der Waals surface area contributed by atoms with Crippen molar-refractivity contribution in [1.82, 2.24) is 10.7 Å². The van der Waals surface area contributed by atoms with Crippen molar-refractivity contribution in [1.29, 1.82) is 0 Å². The predicted molar refractivity (Wildman–Crippen MR) is 51.1 cm³/mol. The van der Waals surface area contributed by atoms with E-state index in [0.717, 1.165) is 13.0 Å². The Hall–Kier alpha value is -1.14. The molecule has 0 heterocycles. The average Bonchev–Trinajstić information content (AvgIpc) is 2.21. The van der Waals surface area contributed by atoms with Crippen molar-refractivity contribution in [2.45, 2.75) is 19.8 Å². The molecular formula is C8H17N3O3. The van der Waals surface area contributed by atoms with E-state index in [-0.39, 0.29) is 0 Å². The summed E-state index contributed by atoms with van der Waals surface area (Å²) in [5.74, 6) is 3.20. The van der Waals surface area contributed by atoms with Crippen LogP contribution in [0.25, 0.3) is 0 Å². The molecule has 0 bridgehead atoms. The molecule has 0 aromatic heterocycles. The first-order valence-electron chi connectivity index (χ1n) is 4.58. The predicted octanol–water partition coefficient (Wildman–Crippen LogP) is -1.09. The van der Waals surface area contributed by atoms with Crippen molar-refractivity contribution in [2.75, 3.05) is 19.8 Å². The van der Waals surface area contributed by atoms with Gasteiger partial charge in [0.15, 0.2) is 0 Å². The number of carbonyl (C=O) groups is 2. The van der Waals surface area contributed by atoms with Crippen molar-refractivity contribution in [3.63, 3.8) is 0 Å². The zero-order valence-corrected chi connectivity index (χ0v) is 8.34. The van der Waals surface area contributed by atoms with Crippen LogP contribution in [0.2, 0.25) is 0 Å². The van der Waals surface area contributed by atoms with Crippen LogP contribution in [0.4, 0.5) is 0 Å². The van der Waals surface area contributed by atoms with Crippen LogP contribution >= 0.6 is 0 Å². The summed E-state index contributed by atoms with van der Waals surface area (Å²) in [4.78, 5) is 21.4. The van der Waals surface area contributed by atoms with Gasteiger partial charge in [-0.15, -0.1) is 0 Å². The SMILES string of the molecule is CCCOCCCNC(=O)C(=O)NN. The molecule has 0 aromatic rings. The first-order valence-corrected chi connectivity index (χ1v) is 4.58. The summed E-state index contributed by atoms with van der Waals surface area (Å²) in [5, 5.41) is 2.40. The molecule has 0 radical (unpaired) electrons. The Balaban J connectivity index is 3.27. The summed E-state index contributed by atoms with van der Waals surface area (Å²) in [7, 11) is 0. The minimum atomic E-state index is -0.834. The zero-order valence-electron chi connectivity index (χ0n) is 8.34. The van der Waals surface area contributed by atoms with Gasteiger partial charge in [0.25, 0.3) is 0 Å². The lowest BCUT2D eigenvalue weighted by molar-refractivity contribution is -0.139. The Bertz CT molecular complexity index is 185. The number of hydrazine groups is 1. The molecule has 0 saturated carbocycles. The summed E-state index contributed by atoms with van der Waals surface area (Å²) in [6.45, 7) is 3.74. The van der Waals surface area contributed by atoms with E-state index in [9.17, 15) is 9.59 Å². The Morgan fingerprint density at radius 1 is 1.29 bits per heavy atom. The van der Waals surface area contributed by atoms with E-state index in [2.05, 4.69) is 5.32 Å². The summed E-state index contributed by atoms with van der Waals surface area (Å²) in [6.07, 6.45) is 1.66. The van der Waals surface area contributed by atoms with Gasteiger partial charge in [-0.1, -0.05) is 6.92 Å². The molecule has 0 saturated heterocycles. The van der Waals surface area contributed by atoms with Crippen LogP contribution in [-0.4, -0.2) is 31.6 Å². The highest BCUT2D eigenvalue weighted by molar-refractivity contribution is 6.34. The molecule has 14 heavy (non-hydrogen) atoms. The van der Waals surface area contributed by atoms with Crippen LogP contribution in [0, 0.1) is 0 Å². The Kier molecular flexibility index (Phi) is 7.77. The standard InChI is InChI=1S/C8H17N3O3/c1-2-5-14-6-3-4-10-7(12)8(13)11-9/h2-6,9H2,1H3,(H,10,12)(H,11,13). The molecule has 0 spiro atoms. The molecule has 0 aromatic carbocycles. The van der Waals surface area contributed by atoms with Crippen LogP contribution < -0.4 is 16.6 Å². The summed E-state index contributed by atoms with van der Waals surface area (Å²) >= 11 is 0. The fraction of sp³-hybridized carbons (Fsp3) is 0.750. The largest absolute Gasteiger partial charge is 0.381 e. The zero-order chi connectivity index (χ0) is 10.8. The number of rotatable bonds is 6. The number of amides is 2. The first-order chi connectivity index (χ1) is 6.72. The highest BCUT2D eigenvalue weighted by Gasteiger charge is 2.09. The Labute approximate surface area is 83.1 Å². The van der Waals surface area contributed by atoms with Crippen LogP contribution in [0.5, 0.6) is 0 Å². The maximum Gasteiger partial charge on any atom is 0.323 e. The van der Waals surface area contributed by atoms with Crippen LogP contribution in [-0.2, 0) is 14.3 Å². The second kappa shape index (κ2) is 8.46. The lowest BCUT2D eigenvalue weighted by Gasteiger charge is -2.04. The van der Waals surface area contributed by atoms with E-state index in [0.29, 0.717) is 19.6 Å². The third-order valence-electron chi connectivity index (χ3n) is 1.44. The normalized spacial score (nSPS) is 9.57. The number of hydrogen-bond acceptors (Lipinski definition) is 4. The van der Waals surface area contributed by atoms with E-state index in [1.807, 2.05) is 6.92 Å². The van der Waals surface area contributed by atoms with Gasteiger partial charge in [0, 0.05) is 19.8 Å². The molecule has 82 valence electrons. The van der Waals surface area contributed by atoms with Gasteiger partial charge >= 0.3 is 11.8 Å². The van der Waals surface area contributed by atoms with Crippen molar-refractivity contribution < 1.29 is 14.3 Å². The smallest absolute Gasteiger partial charge is 0.323 e. The van der Waals surface area contributed by atoms with E-state index >= 15 is 0 Å². The molecular weight excluding hydrogens is 186 g/mol. The third-order valence-corrected chi connectivity index (χ3v) is 1.44. The van der Waals surface area contributed by atoms with Gasteiger partial charge in [-0.2, -0.15) is 0 Å². The minimum absolute atomic E-state index is 0.413. The maximum atomic E-state index is 10.8. The molecule has 0 aliphatic heterocycles. The number of nitrogens with two attached hydrogens (primary N) is 1. The van der Waals surface area contributed by atoms with Gasteiger partial charge in [0.05, 0.1) is 0 Å². The monoisotopic (exact) mass is 203 g/mol. The molecule has 6 heteroatoms. The lowest BCUT2D eigenvalue weighted by atomic mass is 10.4. The van der Waals surface area contributed by atoms with Gasteiger partial charge < -0.3 is 10.1 Å². The third kappa shape index (κ3) is 6.38. The highest BCUT2D eigenvalue weighted by atomic mass is 16.5. The quantitative estimate of drug-likeness (QED) is 0.168. The molecule has 0 rings (SSSR count). The van der Waals surface area contributed by atoms with E-state index in [4.69, 9.17) is 10.6 Å². The van der Waals surface area contributed by atoms with E-state index in [1.165, 1.54) is 0 Å². The summed E-state index contributed by atoms with van der Waals surface area (Å²) < 4.78 is 5.17. The Morgan fingerprint density at radius 3 is 2.57 bits per heavy atom. The number of hydrogen-bond donors (Lipinski definition) is 3. The Morgan fingerprint density at radius 2 is 2.00 bits per heavy atom. The van der Waals surface area contributed by atoms with Gasteiger partial charge in [-0.3, -0.25) is 15.0 Å². The molecule has 0 atom stereocenters. The topological polar surface area (TPSA) is 93.4 Å². The molecule has 4 N–H and O–H groups in total. The van der Waals surface area contributed by atoms with Gasteiger partial charge in [-0.25, -0.2) is 5.84 Å². The number of nitrogens with one attached hydrogen (secondary N) is 2. The highest BCUT2D eigenvalue weighted by Crippen LogP contribution is 1.83. The van der Waals surface area contributed by atoms with Crippen LogP contribution in [0.1, 0.15) is 19.8 Å². The van der Waals surface area contributed by atoms with E-state index in [1.54, 1.807) is 5.43 Å². The van der Waals surface area contributed by atoms with Crippen LogP contribution in [0.3, 0.4) is 0 Å². The number of ether oxygens (including phenoxy) is 1. The molecule has 0 unspecified atom stereocenters. The van der Waals surface area contributed by atoms with Crippen molar-refractivity contribution in [3.8, 4) is 0 Å². The fourth-order valence-corrected chi connectivity index (χ4v) is 0.768. The minimum Gasteiger partial charge on any atom is -0.381 e. The molecule has 2 amide bonds. The van der Waals surface area contributed by atoms with E-state index < -0.39 is 11.8 Å². The fourth-order valence-electron chi connectivity index (χ4n) is 0.768. The molecule has 0 aliphatic carbocycles. The molecule has 0 aliphatic rings.